The van der Waals surface area contributed by atoms with Crippen LogP contribution in [0.4, 0.5) is 0 Å². The van der Waals surface area contributed by atoms with Gasteiger partial charge in [-0.1, -0.05) is 102 Å². The van der Waals surface area contributed by atoms with Crippen LogP contribution in [0.2, 0.25) is 0 Å². The third-order valence-corrected chi connectivity index (χ3v) is 6.27. The highest BCUT2D eigenvalue weighted by molar-refractivity contribution is 6.25. The fraction of sp³-hybridized carbons (Fsp3) is 1.00. The predicted octanol–water partition coefficient (Wildman–Crippen LogP) is 7.85. The normalized spacial score (nSPS) is 28.0. The van der Waals surface area contributed by atoms with Crippen molar-refractivity contribution in [3.8, 4) is 0 Å². The van der Waals surface area contributed by atoms with Crippen molar-refractivity contribution in [2.45, 2.75) is 128 Å². The van der Waals surface area contributed by atoms with E-state index in [4.69, 9.17) is 16.3 Å². The number of alkyl halides is 1. The molecule has 2 heteroatoms. The first-order valence-electron chi connectivity index (χ1n) is 10.4. The fourth-order valence-corrected chi connectivity index (χ4v) is 4.23. The van der Waals surface area contributed by atoms with E-state index in [1.54, 1.807) is 0 Å². The molecule has 0 aromatic heterocycles. The van der Waals surface area contributed by atoms with Crippen molar-refractivity contribution in [3.05, 3.63) is 0 Å². The van der Waals surface area contributed by atoms with E-state index in [2.05, 4.69) is 20.8 Å². The maximum Gasteiger partial charge on any atom is 0.168 e. The molecule has 0 saturated carbocycles. The minimum Gasteiger partial charge on any atom is -0.346 e. The van der Waals surface area contributed by atoms with Gasteiger partial charge in [0, 0.05) is 0 Å². The van der Waals surface area contributed by atoms with Gasteiger partial charge in [0.15, 0.2) is 5.06 Å². The Bertz CT molecular complexity index is 302. The Morgan fingerprint density at radius 1 is 0.696 bits per heavy atom. The van der Waals surface area contributed by atoms with Crippen molar-refractivity contribution >= 4 is 11.6 Å². The number of hydrogen-bond donors (Lipinski definition) is 0. The van der Waals surface area contributed by atoms with E-state index in [0.29, 0.717) is 5.92 Å². The third-order valence-electron chi connectivity index (χ3n) is 5.82. The van der Waals surface area contributed by atoms with Gasteiger partial charge in [0.1, 0.15) is 5.60 Å². The summed E-state index contributed by atoms with van der Waals surface area (Å²) in [5.41, 5.74) is -0.0803. The Labute approximate surface area is 150 Å². The molecule has 1 heterocycles. The van der Waals surface area contributed by atoms with Gasteiger partial charge in [0.2, 0.25) is 0 Å². The molecule has 23 heavy (non-hydrogen) atoms. The van der Waals surface area contributed by atoms with Gasteiger partial charge < -0.3 is 4.74 Å². The fourth-order valence-electron chi connectivity index (χ4n) is 3.92. The van der Waals surface area contributed by atoms with E-state index in [-0.39, 0.29) is 5.60 Å². The van der Waals surface area contributed by atoms with Crippen LogP contribution in [0.3, 0.4) is 0 Å². The Kier molecular flexibility index (Phi) is 10.2. The van der Waals surface area contributed by atoms with Crippen LogP contribution in [0.15, 0.2) is 0 Å². The van der Waals surface area contributed by atoms with E-state index in [1.807, 2.05) is 6.92 Å². The summed E-state index contributed by atoms with van der Waals surface area (Å²) >= 11 is 6.40. The SMILES string of the molecule is CCCCCCCCCCCCCC(CCC)C1(C)OC1(C)Cl. The third kappa shape index (κ3) is 7.34. The van der Waals surface area contributed by atoms with Crippen LogP contribution in [-0.2, 0) is 4.74 Å². The Morgan fingerprint density at radius 2 is 1.13 bits per heavy atom. The second-order valence-corrected chi connectivity index (χ2v) is 8.66. The average Bonchev–Trinajstić information content (AvgIpc) is 3.03. The van der Waals surface area contributed by atoms with Gasteiger partial charge in [-0.25, -0.2) is 0 Å². The van der Waals surface area contributed by atoms with Crippen molar-refractivity contribution in [1.29, 1.82) is 0 Å². The molecule has 138 valence electrons. The number of halogens is 1. The molecular weight excluding hydrogens is 304 g/mol. The highest BCUT2D eigenvalue weighted by Crippen LogP contribution is 2.57. The van der Waals surface area contributed by atoms with Crippen LogP contribution in [0.5, 0.6) is 0 Å². The van der Waals surface area contributed by atoms with Gasteiger partial charge in [-0.15, -0.1) is 0 Å². The standard InChI is InChI=1S/C21H41ClO/c1-5-7-8-9-10-11-12-13-14-15-16-18-19(17-6-2)20(3)21(4,22)23-20/h19H,5-18H2,1-4H3. The lowest BCUT2D eigenvalue weighted by molar-refractivity contribution is 0.206. The molecule has 1 aliphatic rings. The van der Waals surface area contributed by atoms with Crippen LogP contribution in [0.25, 0.3) is 0 Å². The van der Waals surface area contributed by atoms with Crippen molar-refractivity contribution < 1.29 is 4.74 Å². The molecule has 1 saturated heterocycles. The molecule has 0 aromatic rings. The van der Waals surface area contributed by atoms with Crippen LogP contribution >= 0.6 is 11.6 Å². The number of unbranched alkanes of at least 4 members (excludes halogenated alkanes) is 10. The first kappa shape index (κ1) is 21.3. The molecule has 3 atom stereocenters. The van der Waals surface area contributed by atoms with Gasteiger partial charge in [0.05, 0.1) is 0 Å². The lowest BCUT2D eigenvalue weighted by Gasteiger charge is -2.21. The molecular formula is C21H41ClO. The minimum atomic E-state index is -0.412. The first-order valence-corrected chi connectivity index (χ1v) is 10.7. The van der Waals surface area contributed by atoms with Crippen molar-refractivity contribution in [3.63, 3.8) is 0 Å². The van der Waals surface area contributed by atoms with E-state index in [9.17, 15) is 0 Å². The Hall–Kier alpha value is 0.250. The van der Waals surface area contributed by atoms with E-state index < -0.39 is 5.06 Å². The first-order chi connectivity index (χ1) is 11.0. The topological polar surface area (TPSA) is 12.5 Å². The molecule has 0 spiro atoms. The van der Waals surface area contributed by atoms with Crippen LogP contribution in [-0.4, -0.2) is 10.7 Å². The Balaban J connectivity index is 1.99. The summed E-state index contributed by atoms with van der Waals surface area (Å²) in [6, 6.07) is 0. The molecule has 1 rings (SSSR count). The molecule has 1 nitrogen and oxygen atoms in total. The molecule has 0 aliphatic carbocycles. The molecule has 0 amide bonds. The van der Waals surface area contributed by atoms with Gasteiger partial charge in [-0.05, 0) is 32.6 Å². The van der Waals surface area contributed by atoms with Crippen molar-refractivity contribution in [1.82, 2.24) is 0 Å². The molecule has 1 fully saturated rings. The number of ether oxygens (including phenoxy) is 1. The largest absolute Gasteiger partial charge is 0.346 e. The molecule has 3 unspecified atom stereocenters. The summed E-state index contributed by atoms with van der Waals surface area (Å²) in [6.45, 7) is 8.79. The zero-order valence-corrected chi connectivity index (χ0v) is 17.0. The van der Waals surface area contributed by atoms with Crippen molar-refractivity contribution in [2.24, 2.45) is 5.92 Å². The zero-order chi connectivity index (χ0) is 17.2. The van der Waals surface area contributed by atoms with Crippen LogP contribution < -0.4 is 0 Å². The quantitative estimate of drug-likeness (QED) is 0.167. The predicted molar refractivity (Wildman–Crippen MR) is 103 cm³/mol. The molecule has 0 bridgehead atoms. The van der Waals surface area contributed by atoms with Crippen LogP contribution in [0.1, 0.15) is 118 Å². The molecule has 1 aliphatic heterocycles. The number of rotatable bonds is 15. The van der Waals surface area contributed by atoms with Gasteiger partial charge in [0.25, 0.3) is 0 Å². The maximum absolute atomic E-state index is 6.40. The lowest BCUT2D eigenvalue weighted by Crippen LogP contribution is -2.26. The average molecular weight is 345 g/mol. The molecule has 0 radical (unpaired) electrons. The maximum atomic E-state index is 6.40. The second kappa shape index (κ2) is 11.0. The summed E-state index contributed by atoms with van der Waals surface area (Å²) in [6.07, 6.45) is 19.3. The lowest BCUT2D eigenvalue weighted by atomic mass is 9.83. The number of epoxide rings is 1. The monoisotopic (exact) mass is 344 g/mol. The summed E-state index contributed by atoms with van der Waals surface area (Å²) in [5.74, 6) is 0.633. The highest BCUT2D eigenvalue weighted by Gasteiger charge is 2.65. The van der Waals surface area contributed by atoms with Crippen molar-refractivity contribution in [2.75, 3.05) is 0 Å². The van der Waals surface area contributed by atoms with E-state index in [1.165, 1.54) is 89.9 Å². The minimum absolute atomic E-state index is 0.0803. The summed E-state index contributed by atoms with van der Waals surface area (Å²) in [7, 11) is 0. The summed E-state index contributed by atoms with van der Waals surface area (Å²) in [5, 5.41) is -0.412. The highest BCUT2D eigenvalue weighted by atomic mass is 35.5. The second-order valence-electron chi connectivity index (χ2n) is 7.94. The van der Waals surface area contributed by atoms with Crippen LogP contribution in [0, 0.1) is 5.92 Å². The molecule has 0 aromatic carbocycles. The smallest absolute Gasteiger partial charge is 0.168 e. The van der Waals surface area contributed by atoms with Gasteiger partial charge >= 0.3 is 0 Å². The Morgan fingerprint density at radius 3 is 1.52 bits per heavy atom. The van der Waals surface area contributed by atoms with E-state index >= 15 is 0 Å². The number of hydrogen-bond acceptors (Lipinski definition) is 1. The van der Waals surface area contributed by atoms with Gasteiger partial charge in [-0.3, -0.25) is 0 Å². The van der Waals surface area contributed by atoms with E-state index in [0.717, 1.165) is 0 Å². The summed E-state index contributed by atoms with van der Waals surface area (Å²) < 4.78 is 5.82. The zero-order valence-electron chi connectivity index (χ0n) is 16.3. The summed E-state index contributed by atoms with van der Waals surface area (Å²) in [4.78, 5) is 0. The molecule has 0 N–H and O–H groups in total. The van der Waals surface area contributed by atoms with Gasteiger partial charge in [-0.2, -0.15) is 0 Å².